The van der Waals surface area contributed by atoms with Crippen molar-refractivity contribution in [2.75, 3.05) is 11.4 Å². The third-order valence-corrected chi connectivity index (χ3v) is 4.43. The minimum Gasteiger partial charge on any atom is -0.317 e. The topological polar surface area (TPSA) is 46.3 Å². The molecule has 2 rings (SSSR count). The molecule has 2 unspecified atom stereocenters. The molecule has 2 atom stereocenters. The first kappa shape index (κ1) is 15.0. The van der Waals surface area contributed by atoms with Crippen LogP contribution in [0.5, 0.6) is 0 Å². The number of para-hydroxylation sites is 1. The summed E-state index contributed by atoms with van der Waals surface area (Å²) in [7, 11) is 0. The molecule has 1 amide bonds. The van der Waals surface area contributed by atoms with Crippen LogP contribution < -0.4 is 10.6 Å². The molecule has 20 heavy (non-hydrogen) atoms. The van der Waals surface area contributed by atoms with Gasteiger partial charge in [-0.1, -0.05) is 38.0 Å². The average Bonchev–Trinajstić information content (AvgIpc) is 2.41. The number of hydrogen-bond acceptors (Lipinski definition) is 2. The average molecular weight is 274 g/mol. The van der Waals surface area contributed by atoms with Crippen LogP contribution in [0.2, 0.25) is 0 Å². The van der Waals surface area contributed by atoms with Crippen LogP contribution in [0.15, 0.2) is 24.3 Å². The lowest BCUT2D eigenvalue weighted by molar-refractivity contribution is -0.125. The zero-order chi connectivity index (χ0) is 14.8. The van der Waals surface area contributed by atoms with E-state index in [0.717, 1.165) is 30.5 Å². The molecule has 1 aromatic rings. The zero-order valence-electron chi connectivity index (χ0n) is 12.9. The number of likely N-dealkylation sites (N-methyl/N-ethyl adjacent to an activating group) is 1. The number of carbonyl (C=O) groups excluding carboxylic acids is 1. The quantitative estimate of drug-likeness (QED) is 0.919. The Bertz CT molecular complexity index is 486. The Balaban J connectivity index is 2.27. The molecule has 0 radical (unpaired) electrons. The van der Waals surface area contributed by atoms with Gasteiger partial charge in [-0.2, -0.15) is 0 Å². The summed E-state index contributed by atoms with van der Waals surface area (Å²) in [5, 5.41) is 0. The van der Waals surface area contributed by atoms with Gasteiger partial charge in [-0.3, -0.25) is 4.79 Å². The Morgan fingerprint density at radius 3 is 2.75 bits per heavy atom. The van der Waals surface area contributed by atoms with Gasteiger partial charge in [-0.15, -0.1) is 0 Å². The van der Waals surface area contributed by atoms with Crippen molar-refractivity contribution in [1.29, 1.82) is 0 Å². The van der Waals surface area contributed by atoms with Gasteiger partial charge in [-0.05, 0) is 44.2 Å². The molecule has 3 nitrogen and oxygen atoms in total. The number of aryl methyl sites for hydroxylation is 1. The van der Waals surface area contributed by atoms with E-state index in [1.54, 1.807) is 0 Å². The number of hydrogen-bond donors (Lipinski definition) is 1. The Morgan fingerprint density at radius 1 is 1.45 bits per heavy atom. The van der Waals surface area contributed by atoms with Crippen LogP contribution in [0.1, 0.15) is 45.1 Å². The zero-order valence-corrected chi connectivity index (χ0v) is 12.9. The van der Waals surface area contributed by atoms with E-state index in [1.165, 1.54) is 6.42 Å². The molecule has 0 bridgehead atoms. The highest BCUT2D eigenvalue weighted by molar-refractivity contribution is 6.00. The molecule has 0 heterocycles. The molecule has 1 fully saturated rings. The van der Waals surface area contributed by atoms with Crippen LogP contribution in [0, 0.1) is 12.8 Å². The van der Waals surface area contributed by atoms with Gasteiger partial charge < -0.3 is 10.6 Å². The van der Waals surface area contributed by atoms with Crippen LogP contribution in [0.25, 0.3) is 0 Å². The first-order chi connectivity index (χ1) is 9.48. The third-order valence-electron chi connectivity index (χ3n) is 4.43. The second-order valence-corrected chi connectivity index (χ2v) is 6.19. The number of benzene rings is 1. The number of nitrogens with two attached hydrogens (primary N) is 1. The molecule has 1 aliphatic carbocycles. The molecular weight excluding hydrogens is 248 g/mol. The summed E-state index contributed by atoms with van der Waals surface area (Å²) in [6, 6.07) is 8.02. The van der Waals surface area contributed by atoms with E-state index >= 15 is 0 Å². The maximum Gasteiger partial charge on any atom is 0.247 e. The number of amides is 1. The fraction of sp³-hybridized carbons (Fsp3) is 0.588. The Labute approximate surface area is 122 Å². The van der Waals surface area contributed by atoms with E-state index in [0.29, 0.717) is 12.5 Å². The fourth-order valence-corrected chi connectivity index (χ4v) is 3.34. The van der Waals surface area contributed by atoms with Crippen molar-refractivity contribution in [3.8, 4) is 0 Å². The maximum atomic E-state index is 13.0. The summed E-state index contributed by atoms with van der Waals surface area (Å²) in [4.78, 5) is 14.8. The smallest absolute Gasteiger partial charge is 0.247 e. The number of carbonyl (C=O) groups is 1. The van der Waals surface area contributed by atoms with Gasteiger partial charge in [0.1, 0.15) is 0 Å². The fourth-order valence-electron chi connectivity index (χ4n) is 3.34. The molecule has 1 aromatic carbocycles. The second-order valence-electron chi connectivity index (χ2n) is 6.19. The van der Waals surface area contributed by atoms with Crippen molar-refractivity contribution < 1.29 is 4.79 Å². The van der Waals surface area contributed by atoms with E-state index in [9.17, 15) is 4.79 Å². The van der Waals surface area contributed by atoms with Crippen LogP contribution in [0.4, 0.5) is 5.69 Å². The van der Waals surface area contributed by atoms with E-state index in [1.807, 2.05) is 43.0 Å². The summed E-state index contributed by atoms with van der Waals surface area (Å²) in [6.45, 7) is 6.91. The van der Waals surface area contributed by atoms with Crippen LogP contribution in [0.3, 0.4) is 0 Å². The van der Waals surface area contributed by atoms with Gasteiger partial charge in [0.05, 0.1) is 5.54 Å². The second kappa shape index (κ2) is 5.96. The lowest BCUT2D eigenvalue weighted by Crippen LogP contribution is -2.57. The normalized spacial score (nSPS) is 26.3. The van der Waals surface area contributed by atoms with Crippen molar-refractivity contribution in [3.63, 3.8) is 0 Å². The van der Waals surface area contributed by atoms with Gasteiger partial charge >= 0.3 is 0 Å². The van der Waals surface area contributed by atoms with E-state index in [2.05, 4.69) is 6.92 Å². The van der Waals surface area contributed by atoms with Gasteiger partial charge in [0, 0.05) is 12.2 Å². The number of nitrogens with zero attached hydrogens (tertiary/aromatic N) is 1. The van der Waals surface area contributed by atoms with Gasteiger partial charge in [0.15, 0.2) is 0 Å². The van der Waals surface area contributed by atoms with Crippen molar-refractivity contribution >= 4 is 11.6 Å². The summed E-state index contributed by atoms with van der Waals surface area (Å²) < 4.78 is 0. The monoisotopic (exact) mass is 274 g/mol. The minimum absolute atomic E-state index is 0.0841. The summed E-state index contributed by atoms with van der Waals surface area (Å²) in [6.07, 6.45) is 3.84. The Hall–Kier alpha value is -1.35. The van der Waals surface area contributed by atoms with Gasteiger partial charge in [0.2, 0.25) is 5.91 Å². The molecule has 1 aliphatic rings. The molecular formula is C17H26N2O. The molecule has 0 aliphatic heterocycles. The maximum absolute atomic E-state index is 13.0. The first-order valence-electron chi connectivity index (χ1n) is 7.64. The van der Waals surface area contributed by atoms with E-state index in [-0.39, 0.29) is 5.91 Å². The lowest BCUT2D eigenvalue weighted by Gasteiger charge is -2.39. The van der Waals surface area contributed by atoms with E-state index in [4.69, 9.17) is 5.73 Å². The number of rotatable bonds is 3. The molecule has 1 saturated carbocycles. The summed E-state index contributed by atoms with van der Waals surface area (Å²) in [5.41, 5.74) is 7.89. The predicted octanol–water partition coefficient (Wildman–Crippen LogP) is 3.26. The highest BCUT2D eigenvalue weighted by atomic mass is 16.2. The van der Waals surface area contributed by atoms with Crippen molar-refractivity contribution in [3.05, 3.63) is 29.8 Å². The molecule has 2 N–H and O–H groups in total. The van der Waals surface area contributed by atoms with Crippen molar-refractivity contribution in [1.82, 2.24) is 0 Å². The highest BCUT2D eigenvalue weighted by Gasteiger charge is 2.40. The van der Waals surface area contributed by atoms with Crippen molar-refractivity contribution in [2.24, 2.45) is 11.7 Å². The first-order valence-corrected chi connectivity index (χ1v) is 7.64. The highest BCUT2D eigenvalue weighted by Crippen LogP contribution is 2.33. The SMILES string of the molecule is CCN(C(=O)C1(N)CCCC(C)C1)c1ccccc1C. The number of anilines is 1. The summed E-state index contributed by atoms with van der Waals surface area (Å²) in [5.74, 6) is 0.620. The Kier molecular flexibility index (Phi) is 4.48. The lowest BCUT2D eigenvalue weighted by atomic mass is 9.76. The van der Waals surface area contributed by atoms with Crippen LogP contribution in [-0.4, -0.2) is 18.0 Å². The molecule has 0 spiro atoms. The van der Waals surface area contributed by atoms with E-state index < -0.39 is 5.54 Å². The Morgan fingerprint density at radius 2 is 2.15 bits per heavy atom. The van der Waals surface area contributed by atoms with Crippen LogP contribution >= 0.6 is 0 Å². The molecule has 0 saturated heterocycles. The molecule has 110 valence electrons. The largest absolute Gasteiger partial charge is 0.317 e. The van der Waals surface area contributed by atoms with Crippen molar-refractivity contribution in [2.45, 2.75) is 52.0 Å². The minimum atomic E-state index is -0.685. The van der Waals surface area contributed by atoms with Crippen LogP contribution in [-0.2, 0) is 4.79 Å². The van der Waals surface area contributed by atoms with Gasteiger partial charge in [-0.25, -0.2) is 0 Å². The standard InChI is InChI=1S/C17H26N2O/c1-4-19(15-10-6-5-9-14(15)3)16(20)17(18)11-7-8-13(2)12-17/h5-6,9-10,13H,4,7-8,11-12,18H2,1-3H3. The molecule has 0 aromatic heterocycles. The summed E-state index contributed by atoms with van der Waals surface area (Å²) >= 11 is 0. The van der Waals surface area contributed by atoms with Gasteiger partial charge in [0.25, 0.3) is 0 Å². The third kappa shape index (κ3) is 2.88. The predicted molar refractivity (Wildman–Crippen MR) is 83.8 cm³/mol. The molecule has 3 heteroatoms.